The summed E-state index contributed by atoms with van der Waals surface area (Å²) in [6, 6.07) is 8.06. The molecule has 0 atom stereocenters. The molecule has 2 heterocycles. The minimum absolute atomic E-state index is 0.0679. The summed E-state index contributed by atoms with van der Waals surface area (Å²) in [5.41, 5.74) is 5.41. The van der Waals surface area contributed by atoms with E-state index in [9.17, 15) is 4.79 Å². The molecule has 2 aromatic heterocycles. The first-order valence-electron chi connectivity index (χ1n) is 9.05. The molecule has 1 amide bonds. The van der Waals surface area contributed by atoms with E-state index in [0.717, 1.165) is 34.7 Å². The molecule has 3 aromatic rings. The molecule has 0 saturated heterocycles. The van der Waals surface area contributed by atoms with Gasteiger partial charge in [0.05, 0.1) is 11.1 Å². The van der Waals surface area contributed by atoms with Crippen molar-refractivity contribution in [3.05, 3.63) is 68.7 Å². The lowest BCUT2D eigenvalue weighted by Crippen LogP contribution is -2.22. The van der Waals surface area contributed by atoms with Crippen LogP contribution in [0.25, 0.3) is 0 Å². The molecular weight excluding hydrogens is 358 g/mol. The number of rotatable bonds is 7. The van der Waals surface area contributed by atoms with Gasteiger partial charge in [0.2, 0.25) is 0 Å². The van der Waals surface area contributed by atoms with E-state index in [2.05, 4.69) is 29.5 Å². The molecular formula is C21H25N3O2S. The average molecular weight is 384 g/mol. The molecule has 6 heteroatoms. The Hall–Kier alpha value is -2.60. The first-order valence-corrected chi connectivity index (χ1v) is 9.92. The summed E-state index contributed by atoms with van der Waals surface area (Å²) in [5, 5.41) is 9.25. The number of aryl methyl sites for hydroxylation is 3. The number of carbonyl (C=O) groups excluding carboxylic acids is 1. The van der Waals surface area contributed by atoms with Crippen LogP contribution in [0, 0.1) is 20.8 Å². The zero-order chi connectivity index (χ0) is 19.4. The van der Waals surface area contributed by atoms with Gasteiger partial charge in [-0.2, -0.15) is 5.10 Å². The maximum atomic E-state index is 12.4. The maximum Gasteiger partial charge on any atom is 0.261 e. The number of thiophene rings is 1. The van der Waals surface area contributed by atoms with Gasteiger partial charge in [0, 0.05) is 29.9 Å². The number of carbonyl (C=O) groups is 1. The molecule has 0 unspecified atom stereocenters. The minimum atomic E-state index is -0.0679. The second-order valence-corrected chi connectivity index (χ2v) is 7.54. The lowest BCUT2D eigenvalue weighted by Gasteiger charge is -2.09. The molecule has 27 heavy (non-hydrogen) atoms. The number of hydrogen-bond donors (Lipinski definition) is 1. The first-order chi connectivity index (χ1) is 13.0. The summed E-state index contributed by atoms with van der Waals surface area (Å²) in [7, 11) is 0. The summed E-state index contributed by atoms with van der Waals surface area (Å²) in [6.45, 7) is 9.92. The molecule has 0 bridgehead atoms. The number of nitrogens with zero attached hydrogens (tertiary/aromatic N) is 2. The van der Waals surface area contributed by atoms with Crippen molar-refractivity contribution in [2.24, 2.45) is 0 Å². The van der Waals surface area contributed by atoms with Crippen LogP contribution in [-0.4, -0.2) is 15.7 Å². The van der Waals surface area contributed by atoms with Gasteiger partial charge in [0.25, 0.3) is 5.91 Å². The molecule has 0 saturated carbocycles. The van der Waals surface area contributed by atoms with Crippen molar-refractivity contribution >= 4 is 17.2 Å². The van der Waals surface area contributed by atoms with E-state index in [1.54, 1.807) is 0 Å². The van der Waals surface area contributed by atoms with Crippen LogP contribution in [0.15, 0.2) is 35.8 Å². The van der Waals surface area contributed by atoms with Crippen LogP contribution < -0.4 is 10.1 Å². The highest BCUT2D eigenvalue weighted by molar-refractivity contribution is 7.12. The van der Waals surface area contributed by atoms with Crippen LogP contribution in [0.2, 0.25) is 0 Å². The normalized spacial score (nSPS) is 10.8. The molecule has 0 aliphatic rings. The molecule has 0 aliphatic carbocycles. The molecule has 0 fully saturated rings. The van der Waals surface area contributed by atoms with Gasteiger partial charge in [-0.1, -0.05) is 12.1 Å². The Morgan fingerprint density at radius 3 is 2.81 bits per heavy atom. The third-order valence-electron chi connectivity index (χ3n) is 4.56. The fraction of sp³-hybridized carbons (Fsp3) is 0.333. The summed E-state index contributed by atoms with van der Waals surface area (Å²) in [5.74, 6) is 0.817. The molecule has 0 spiro atoms. The topological polar surface area (TPSA) is 56.2 Å². The van der Waals surface area contributed by atoms with Gasteiger partial charge < -0.3 is 10.1 Å². The Morgan fingerprint density at radius 1 is 1.26 bits per heavy atom. The molecule has 142 valence electrons. The fourth-order valence-electron chi connectivity index (χ4n) is 2.83. The van der Waals surface area contributed by atoms with Crippen molar-refractivity contribution in [3.8, 4) is 5.75 Å². The number of aromatic nitrogens is 2. The Balaban J connectivity index is 1.57. The Kier molecular flexibility index (Phi) is 5.96. The van der Waals surface area contributed by atoms with Crippen molar-refractivity contribution in [2.45, 2.75) is 47.4 Å². The van der Waals surface area contributed by atoms with Gasteiger partial charge in [-0.25, -0.2) is 0 Å². The number of ether oxygens (including phenoxy) is 1. The van der Waals surface area contributed by atoms with E-state index in [1.807, 2.05) is 49.2 Å². The monoisotopic (exact) mass is 383 g/mol. The van der Waals surface area contributed by atoms with Gasteiger partial charge in [-0.05, 0) is 56.3 Å². The second kappa shape index (κ2) is 8.39. The van der Waals surface area contributed by atoms with Crippen LogP contribution in [0.1, 0.15) is 44.5 Å². The molecule has 0 radical (unpaired) electrons. The third kappa shape index (κ3) is 4.57. The molecule has 3 rings (SSSR count). The van der Waals surface area contributed by atoms with E-state index in [1.165, 1.54) is 16.9 Å². The Morgan fingerprint density at radius 2 is 2.07 bits per heavy atom. The molecule has 5 nitrogen and oxygen atoms in total. The smallest absolute Gasteiger partial charge is 0.261 e. The van der Waals surface area contributed by atoms with Crippen molar-refractivity contribution in [3.63, 3.8) is 0 Å². The van der Waals surface area contributed by atoms with Crippen molar-refractivity contribution < 1.29 is 9.53 Å². The zero-order valence-electron chi connectivity index (χ0n) is 16.2. The average Bonchev–Trinajstić information content (AvgIpc) is 3.27. The van der Waals surface area contributed by atoms with Crippen LogP contribution in [0.4, 0.5) is 0 Å². The van der Waals surface area contributed by atoms with Crippen molar-refractivity contribution in [1.82, 2.24) is 15.1 Å². The van der Waals surface area contributed by atoms with Crippen LogP contribution >= 0.6 is 11.3 Å². The van der Waals surface area contributed by atoms with E-state index < -0.39 is 0 Å². The van der Waals surface area contributed by atoms with Gasteiger partial charge in [-0.3, -0.25) is 9.48 Å². The van der Waals surface area contributed by atoms with Crippen LogP contribution in [0.3, 0.4) is 0 Å². The standard InChI is InChI=1S/C21H25N3O2S/c1-5-24-16(4)18(11-23-24)10-22-21(25)20-9-17(13-27-20)12-26-19-8-14(2)6-7-15(19)3/h6-9,11,13H,5,10,12H2,1-4H3,(H,22,25). The van der Waals surface area contributed by atoms with Gasteiger partial charge >= 0.3 is 0 Å². The third-order valence-corrected chi connectivity index (χ3v) is 5.54. The largest absolute Gasteiger partial charge is 0.489 e. The SMILES string of the molecule is CCn1ncc(CNC(=O)c2cc(COc3cc(C)ccc3C)cs2)c1C. The summed E-state index contributed by atoms with van der Waals surface area (Å²) in [6.07, 6.45) is 1.82. The zero-order valence-corrected chi connectivity index (χ0v) is 17.0. The maximum absolute atomic E-state index is 12.4. The lowest BCUT2D eigenvalue weighted by molar-refractivity contribution is 0.0955. The molecule has 0 aliphatic heterocycles. The fourth-order valence-corrected chi connectivity index (χ4v) is 3.65. The number of nitrogens with one attached hydrogen (secondary N) is 1. The van der Waals surface area contributed by atoms with Gasteiger partial charge in [0.1, 0.15) is 12.4 Å². The predicted molar refractivity (Wildman–Crippen MR) is 108 cm³/mol. The first kappa shape index (κ1) is 19.2. The molecule has 1 N–H and O–H groups in total. The second-order valence-electron chi connectivity index (χ2n) is 6.63. The number of hydrogen-bond acceptors (Lipinski definition) is 4. The Labute approximate surface area is 164 Å². The van der Waals surface area contributed by atoms with Crippen molar-refractivity contribution in [1.29, 1.82) is 0 Å². The van der Waals surface area contributed by atoms with Crippen LogP contribution in [0.5, 0.6) is 5.75 Å². The quantitative estimate of drug-likeness (QED) is 0.658. The summed E-state index contributed by atoms with van der Waals surface area (Å²) >= 11 is 1.44. The highest BCUT2D eigenvalue weighted by Gasteiger charge is 2.12. The summed E-state index contributed by atoms with van der Waals surface area (Å²) in [4.78, 5) is 13.1. The Bertz CT molecular complexity index is 943. The summed E-state index contributed by atoms with van der Waals surface area (Å²) < 4.78 is 7.85. The van der Waals surface area contributed by atoms with E-state index >= 15 is 0 Å². The number of benzene rings is 1. The predicted octanol–water partition coefficient (Wildman–Crippen LogP) is 4.40. The van der Waals surface area contributed by atoms with Gasteiger partial charge in [0.15, 0.2) is 0 Å². The highest BCUT2D eigenvalue weighted by atomic mass is 32.1. The minimum Gasteiger partial charge on any atom is -0.489 e. The lowest BCUT2D eigenvalue weighted by atomic mass is 10.1. The van der Waals surface area contributed by atoms with Crippen molar-refractivity contribution in [2.75, 3.05) is 0 Å². The van der Waals surface area contributed by atoms with E-state index in [-0.39, 0.29) is 5.91 Å². The van der Waals surface area contributed by atoms with Crippen LogP contribution in [-0.2, 0) is 19.7 Å². The van der Waals surface area contributed by atoms with Gasteiger partial charge in [-0.15, -0.1) is 11.3 Å². The highest BCUT2D eigenvalue weighted by Crippen LogP contribution is 2.22. The number of amides is 1. The van der Waals surface area contributed by atoms with E-state index in [4.69, 9.17) is 4.74 Å². The molecule has 1 aromatic carbocycles. The van der Waals surface area contributed by atoms with E-state index in [0.29, 0.717) is 18.0 Å².